The minimum atomic E-state index is -4.56. The Kier molecular flexibility index (Phi) is 4.55. The number of aromatic nitrogens is 1. The number of ether oxygens (including phenoxy) is 1. The van der Waals surface area contributed by atoms with Gasteiger partial charge >= 0.3 is 12.1 Å². The first kappa shape index (κ1) is 14.7. The van der Waals surface area contributed by atoms with E-state index in [2.05, 4.69) is 31.0 Å². The molecular weight excluding hydrogens is 317 g/mol. The van der Waals surface area contributed by atoms with Gasteiger partial charge in [-0.1, -0.05) is 0 Å². The van der Waals surface area contributed by atoms with E-state index in [9.17, 15) is 18.0 Å². The minimum Gasteiger partial charge on any atom is -0.467 e. The second kappa shape index (κ2) is 5.55. The van der Waals surface area contributed by atoms with Gasteiger partial charge in [-0.15, -0.1) is 0 Å². The van der Waals surface area contributed by atoms with Crippen LogP contribution in [-0.4, -0.2) is 24.1 Å². The van der Waals surface area contributed by atoms with Crippen LogP contribution in [0, 0.1) is 0 Å². The number of nitrogens with one attached hydrogen (secondary N) is 1. The summed E-state index contributed by atoms with van der Waals surface area (Å²) < 4.78 is 42.8. The summed E-state index contributed by atoms with van der Waals surface area (Å²) >= 11 is 2.92. The summed E-state index contributed by atoms with van der Waals surface area (Å²) in [5, 5.41) is 2.37. The molecule has 0 aliphatic heterocycles. The summed E-state index contributed by atoms with van der Waals surface area (Å²) in [7, 11) is 1.15. The predicted molar refractivity (Wildman–Crippen MR) is 62.0 cm³/mol. The van der Waals surface area contributed by atoms with E-state index in [1.165, 1.54) is 13.1 Å². The molecule has 4 nitrogen and oxygen atoms in total. The fraction of sp³-hybridized carbons (Fsp3) is 0.400. The van der Waals surface area contributed by atoms with Gasteiger partial charge in [-0.25, -0.2) is 9.78 Å². The highest BCUT2D eigenvalue weighted by molar-refractivity contribution is 9.10. The largest absolute Gasteiger partial charge is 0.467 e. The van der Waals surface area contributed by atoms with Crippen molar-refractivity contribution in [2.75, 3.05) is 12.4 Å². The molecule has 0 aromatic carbocycles. The fourth-order valence-electron chi connectivity index (χ4n) is 1.21. The van der Waals surface area contributed by atoms with Crippen LogP contribution in [0.15, 0.2) is 16.7 Å². The van der Waals surface area contributed by atoms with Crippen LogP contribution >= 0.6 is 15.9 Å². The molecule has 0 saturated carbocycles. The highest BCUT2D eigenvalue weighted by atomic mass is 79.9. The average Bonchev–Trinajstić information content (AvgIpc) is 2.28. The van der Waals surface area contributed by atoms with E-state index in [1.54, 1.807) is 0 Å². The first-order valence-corrected chi connectivity index (χ1v) is 5.62. The summed E-state index contributed by atoms with van der Waals surface area (Å²) in [5.41, 5.74) is -0.951. The van der Waals surface area contributed by atoms with Crippen molar-refractivity contribution in [3.63, 3.8) is 0 Å². The number of nitrogens with zero attached hydrogens (tertiary/aromatic N) is 1. The molecule has 1 aromatic rings. The van der Waals surface area contributed by atoms with Gasteiger partial charge in [0.05, 0.1) is 12.7 Å². The standard InChI is InChI=1S/C10H10BrF3N2O2/c1-5(9(17)18-2)16-8-7(10(12,13)14)3-6(11)4-15-8/h3-5H,1-2H3,(H,15,16). The Bertz CT molecular complexity index is 451. The van der Waals surface area contributed by atoms with Crippen LogP contribution < -0.4 is 5.32 Å². The summed E-state index contributed by atoms with van der Waals surface area (Å²) in [6.45, 7) is 1.38. The molecule has 1 atom stereocenters. The SMILES string of the molecule is COC(=O)C(C)Nc1ncc(Br)cc1C(F)(F)F. The molecule has 0 saturated heterocycles. The molecule has 0 spiro atoms. The van der Waals surface area contributed by atoms with Gasteiger partial charge in [-0.3, -0.25) is 0 Å². The Balaban J connectivity index is 3.06. The van der Waals surface area contributed by atoms with Gasteiger partial charge in [-0.2, -0.15) is 13.2 Å². The molecule has 1 rings (SSSR count). The average molecular weight is 327 g/mol. The third-order valence-corrected chi connectivity index (χ3v) is 2.50. The van der Waals surface area contributed by atoms with Gasteiger partial charge in [0.1, 0.15) is 11.9 Å². The fourth-order valence-corrected chi connectivity index (χ4v) is 1.54. The first-order chi connectivity index (χ1) is 8.25. The second-order valence-electron chi connectivity index (χ2n) is 3.44. The van der Waals surface area contributed by atoms with Crippen LogP contribution in [-0.2, 0) is 15.7 Å². The van der Waals surface area contributed by atoms with E-state index < -0.39 is 29.6 Å². The summed E-state index contributed by atoms with van der Waals surface area (Å²) in [6, 6.07) is -0.0379. The molecule has 0 bridgehead atoms. The number of halogens is 4. The molecular formula is C10H10BrF3N2O2. The maximum absolute atomic E-state index is 12.7. The van der Waals surface area contributed by atoms with Crippen LogP contribution in [0.3, 0.4) is 0 Å². The number of hydrogen-bond acceptors (Lipinski definition) is 4. The van der Waals surface area contributed by atoms with Crippen LogP contribution in [0.2, 0.25) is 0 Å². The Labute approximate surface area is 110 Å². The van der Waals surface area contributed by atoms with Gasteiger partial charge in [-0.05, 0) is 28.9 Å². The van der Waals surface area contributed by atoms with Crippen molar-refractivity contribution >= 4 is 27.7 Å². The zero-order valence-corrected chi connectivity index (χ0v) is 11.1. The number of carbonyl (C=O) groups is 1. The van der Waals surface area contributed by atoms with Crippen LogP contribution in [0.25, 0.3) is 0 Å². The van der Waals surface area contributed by atoms with E-state index in [0.717, 1.165) is 13.2 Å². The molecule has 100 valence electrons. The van der Waals surface area contributed by atoms with Crippen molar-refractivity contribution in [3.8, 4) is 0 Å². The van der Waals surface area contributed by atoms with Crippen molar-refractivity contribution in [2.24, 2.45) is 0 Å². The number of carbonyl (C=O) groups excluding carboxylic acids is 1. The normalized spacial score (nSPS) is 13.0. The van der Waals surface area contributed by atoms with Gasteiger partial charge in [0, 0.05) is 10.7 Å². The van der Waals surface area contributed by atoms with E-state index in [-0.39, 0.29) is 4.47 Å². The maximum Gasteiger partial charge on any atom is 0.419 e. The number of pyridine rings is 1. The highest BCUT2D eigenvalue weighted by Crippen LogP contribution is 2.35. The highest BCUT2D eigenvalue weighted by Gasteiger charge is 2.35. The van der Waals surface area contributed by atoms with E-state index in [1.807, 2.05) is 0 Å². The minimum absolute atomic E-state index is 0.200. The zero-order valence-electron chi connectivity index (χ0n) is 9.51. The molecule has 1 aromatic heterocycles. The van der Waals surface area contributed by atoms with Crippen molar-refractivity contribution in [2.45, 2.75) is 19.1 Å². The second-order valence-corrected chi connectivity index (χ2v) is 4.35. The Morgan fingerprint density at radius 1 is 1.56 bits per heavy atom. The lowest BCUT2D eigenvalue weighted by Gasteiger charge is -2.17. The third kappa shape index (κ3) is 3.59. The number of hydrogen-bond donors (Lipinski definition) is 1. The van der Waals surface area contributed by atoms with E-state index in [0.29, 0.717) is 0 Å². The molecule has 0 radical (unpaired) electrons. The molecule has 1 N–H and O–H groups in total. The summed E-state index contributed by atoms with van der Waals surface area (Å²) in [6.07, 6.45) is -3.35. The number of anilines is 1. The van der Waals surface area contributed by atoms with Crippen molar-refractivity contribution < 1.29 is 22.7 Å². The topological polar surface area (TPSA) is 51.2 Å². The van der Waals surface area contributed by atoms with Gasteiger partial charge < -0.3 is 10.1 Å². The number of methoxy groups -OCH3 is 1. The molecule has 1 heterocycles. The van der Waals surface area contributed by atoms with E-state index in [4.69, 9.17) is 0 Å². The molecule has 8 heteroatoms. The lowest BCUT2D eigenvalue weighted by atomic mass is 10.2. The molecule has 0 amide bonds. The number of alkyl halides is 3. The lowest BCUT2D eigenvalue weighted by Crippen LogP contribution is -2.29. The molecule has 1 unspecified atom stereocenters. The molecule has 0 fully saturated rings. The van der Waals surface area contributed by atoms with Crippen molar-refractivity contribution in [3.05, 3.63) is 22.3 Å². The smallest absolute Gasteiger partial charge is 0.419 e. The van der Waals surface area contributed by atoms with Crippen molar-refractivity contribution in [1.29, 1.82) is 0 Å². The maximum atomic E-state index is 12.7. The van der Waals surface area contributed by atoms with Crippen LogP contribution in [0.1, 0.15) is 12.5 Å². The lowest BCUT2D eigenvalue weighted by molar-refractivity contribution is -0.141. The Morgan fingerprint density at radius 3 is 2.67 bits per heavy atom. The molecule has 0 aliphatic carbocycles. The first-order valence-electron chi connectivity index (χ1n) is 4.82. The molecule has 0 aliphatic rings. The van der Waals surface area contributed by atoms with Crippen LogP contribution in [0.4, 0.5) is 19.0 Å². The van der Waals surface area contributed by atoms with Gasteiger partial charge in [0.15, 0.2) is 0 Å². The molecule has 18 heavy (non-hydrogen) atoms. The van der Waals surface area contributed by atoms with Gasteiger partial charge in [0.2, 0.25) is 0 Å². The number of rotatable bonds is 3. The van der Waals surface area contributed by atoms with E-state index >= 15 is 0 Å². The Morgan fingerprint density at radius 2 is 2.17 bits per heavy atom. The monoisotopic (exact) mass is 326 g/mol. The summed E-state index contributed by atoms with van der Waals surface area (Å²) in [4.78, 5) is 14.8. The zero-order chi connectivity index (χ0) is 13.9. The van der Waals surface area contributed by atoms with Crippen molar-refractivity contribution in [1.82, 2.24) is 4.98 Å². The summed E-state index contributed by atoms with van der Waals surface area (Å²) in [5.74, 6) is -1.09. The van der Waals surface area contributed by atoms with Gasteiger partial charge in [0.25, 0.3) is 0 Å². The predicted octanol–water partition coefficient (Wildman–Crippen LogP) is 2.84. The Hall–Kier alpha value is -1.31. The number of esters is 1. The third-order valence-electron chi connectivity index (χ3n) is 2.07. The van der Waals surface area contributed by atoms with Crippen LogP contribution in [0.5, 0.6) is 0 Å². The quantitative estimate of drug-likeness (QED) is 0.868.